The summed E-state index contributed by atoms with van der Waals surface area (Å²) in [7, 11) is -4.40. The van der Waals surface area contributed by atoms with Gasteiger partial charge in [0.1, 0.15) is 0 Å². The van der Waals surface area contributed by atoms with Crippen LogP contribution in [0.1, 0.15) is 54.9 Å². The van der Waals surface area contributed by atoms with Crippen molar-refractivity contribution in [3.8, 4) is 11.1 Å². The van der Waals surface area contributed by atoms with Crippen LogP contribution < -0.4 is 10.6 Å². The first-order valence-electron chi connectivity index (χ1n) is 13.2. The van der Waals surface area contributed by atoms with Gasteiger partial charge in [0.25, 0.3) is 5.91 Å². The minimum Gasteiger partial charge on any atom is -0.748 e. The molecule has 0 saturated carbocycles. The number of hydrogen-bond acceptors (Lipinski definition) is 5. The van der Waals surface area contributed by atoms with Crippen molar-refractivity contribution >= 4 is 50.8 Å². The summed E-state index contributed by atoms with van der Waals surface area (Å²) in [4.78, 5) is 25.6. The number of carbonyl (C=O) groups is 2. The van der Waals surface area contributed by atoms with Crippen molar-refractivity contribution in [2.75, 3.05) is 17.6 Å². The molecule has 0 radical (unpaired) electrons. The number of hydrogen-bond donors (Lipinski definition) is 2. The van der Waals surface area contributed by atoms with Gasteiger partial charge in [-0.2, -0.15) is 0 Å². The molecule has 0 aliphatic rings. The lowest BCUT2D eigenvalue weighted by Gasteiger charge is -2.18. The van der Waals surface area contributed by atoms with Gasteiger partial charge in [-0.05, 0) is 60.4 Å². The van der Waals surface area contributed by atoms with Crippen LogP contribution in [0.2, 0.25) is 10.0 Å². The molecular weight excluding hydrogens is 571 g/mol. The molecule has 2 amide bonds. The molecule has 1 atom stereocenters. The van der Waals surface area contributed by atoms with Crippen molar-refractivity contribution in [2.45, 2.75) is 45.4 Å². The van der Waals surface area contributed by atoms with Gasteiger partial charge >= 0.3 is 0 Å². The predicted molar refractivity (Wildman–Crippen MR) is 160 cm³/mol. The summed E-state index contributed by atoms with van der Waals surface area (Å²) in [5, 5.41) is 6.58. The fraction of sp³-hybridized carbons (Fsp3) is 0.333. The zero-order chi connectivity index (χ0) is 29.1. The molecule has 0 fully saturated rings. The van der Waals surface area contributed by atoms with Crippen LogP contribution in [0.5, 0.6) is 0 Å². The lowest BCUT2D eigenvalue weighted by Crippen LogP contribution is -2.29. The van der Waals surface area contributed by atoms with Gasteiger partial charge in [-0.25, -0.2) is 8.42 Å². The number of amides is 2. The minimum absolute atomic E-state index is 0.0746. The molecule has 3 aromatic carbocycles. The third-order valence-electron chi connectivity index (χ3n) is 6.51. The lowest BCUT2D eigenvalue weighted by atomic mass is 9.92. The van der Waals surface area contributed by atoms with Crippen LogP contribution in [-0.2, 0) is 21.3 Å². The first-order valence-corrected chi connectivity index (χ1v) is 15.6. The summed E-state index contributed by atoms with van der Waals surface area (Å²) in [5.41, 5.74) is 3.70. The Hall–Kier alpha value is -2.91. The van der Waals surface area contributed by atoms with Crippen LogP contribution in [-0.4, -0.2) is 37.1 Å². The molecule has 0 bridgehead atoms. The van der Waals surface area contributed by atoms with Crippen molar-refractivity contribution in [3.05, 3.63) is 87.9 Å². The molecule has 1 unspecified atom stereocenters. The van der Waals surface area contributed by atoms with Crippen molar-refractivity contribution in [2.24, 2.45) is 5.92 Å². The number of benzene rings is 3. The second-order valence-corrected chi connectivity index (χ2v) is 12.0. The van der Waals surface area contributed by atoms with Crippen LogP contribution in [0.4, 0.5) is 5.69 Å². The maximum Gasteiger partial charge on any atom is 0.251 e. The molecule has 0 aromatic heterocycles. The second kappa shape index (κ2) is 15.2. The van der Waals surface area contributed by atoms with Crippen LogP contribution in [0.15, 0.2) is 66.7 Å². The van der Waals surface area contributed by atoms with E-state index in [4.69, 9.17) is 23.2 Å². The summed E-state index contributed by atoms with van der Waals surface area (Å²) in [6.07, 6.45) is 5.44. The van der Waals surface area contributed by atoms with E-state index >= 15 is 0 Å². The largest absolute Gasteiger partial charge is 0.748 e. The molecule has 0 aliphatic heterocycles. The Balaban J connectivity index is 1.65. The van der Waals surface area contributed by atoms with E-state index in [1.807, 2.05) is 30.3 Å². The Morgan fingerprint density at radius 2 is 1.62 bits per heavy atom. The van der Waals surface area contributed by atoms with Gasteiger partial charge in [-0.15, -0.1) is 0 Å². The third kappa shape index (κ3) is 10.2. The number of anilines is 1. The predicted octanol–water partition coefficient (Wildman–Crippen LogP) is 6.70. The van der Waals surface area contributed by atoms with Crippen LogP contribution in [0.3, 0.4) is 0 Å². The fourth-order valence-electron chi connectivity index (χ4n) is 4.31. The third-order valence-corrected chi connectivity index (χ3v) is 7.76. The summed E-state index contributed by atoms with van der Waals surface area (Å²) in [5.74, 6) is -1.46. The zero-order valence-corrected chi connectivity index (χ0v) is 24.6. The first kappa shape index (κ1) is 31.6. The smallest absolute Gasteiger partial charge is 0.251 e. The molecule has 40 heavy (non-hydrogen) atoms. The highest BCUT2D eigenvalue weighted by Crippen LogP contribution is 2.31. The van der Waals surface area contributed by atoms with Crippen LogP contribution in [0, 0.1) is 5.92 Å². The van der Waals surface area contributed by atoms with E-state index in [1.54, 1.807) is 36.4 Å². The molecule has 0 heterocycles. The lowest BCUT2D eigenvalue weighted by molar-refractivity contribution is -0.120. The molecule has 2 N–H and O–H groups in total. The summed E-state index contributed by atoms with van der Waals surface area (Å²) in [6, 6.07) is 19.7. The zero-order valence-electron chi connectivity index (χ0n) is 22.3. The van der Waals surface area contributed by atoms with Gasteiger partial charge in [0.15, 0.2) is 0 Å². The standard InChI is InChI=1S/C30H34Cl2N2O5S/c1-2-3-4-5-6-24(19-21-7-9-23(10-8-21)29(35)33-17-18-40(37,38)39)30(36)34-26-14-11-22(12-15-26)27-16-13-25(31)20-28(27)32/h7-16,20,24H,2-6,17-19H2,1H3,(H,33,35)(H,34,36)(H,37,38,39)/p-1. The highest BCUT2D eigenvalue weighted by molar-refractivity contribution is 7.85. The molecule has 3 rings (SSSR count). The number of halogens is 2. The Morgan fingerprint density at radius 1 is 0.925 bits per heavy atom. The topological polar surface area (TPSA) is 115 Å². The van der Waals surface area contributed by atoms with Crippen molar-refractivity contribution < 1.29 is 22.6 Å². The minimum atomic E-state index is -4.40. The molecular formula is C30H33Cl2N2O5S-. The van der Waals surface area contributed by atoms with E-state index in [2.05, 4.69) is 17.6 Å². The van der Waals surface area contributed by atoms with E-state index in [0.717, 1.165) is 48.8 Å². The Kier molecular flexibility index (Phi) is 12.0. The van der Waals surface area contributed by atoms with E-state index in [1.165, 1.54) is 0 Å². The average molecular weight is 605 g/mol. The molecule has 3 aromatic rings. The highest BCUT2D eigenvalue weighted by Gasteiger charge is 2.19. The maximum absolute atomic E-state index is 13.3. The summed E-state index contributed by atoms with van der Waals surface area (Å²) < 4.78 is 32.2. The first-order chi connectivity index (χ1) is 19.1. The number of rotatable bonds is 14. The average Bonchev–Trinajstić information content (AvgIpc) is 2.90. The molecule has 0 spiro atoms. The van der Waals surface area contributed by atoms with E-state index in [9.17, 15) is 22.6 Å². The van der Waals surface area contributed by atoms with Gasteiger partial charge in [0, 0.05) is 39.3 Å². The van der Waals surface area contributed by atoms with Gasteiger partial charge in [-0.1, -0.05) is 86.1 Å². The molecule has 0 aliphatic carbocycles. The number of nitrogens with one attached hydrogen (secondary N) is 2. The maximum atomic E-state index is 13.3. The van der Waals surface area contributed by atoms with Crippen LogP contribution >= 0.6 is 23.2 Å². The monoisotopic (exact) mass is 603 g/mol. The summed E-state index contributed by atoms with van der Waals surface area (Å²) >= 11 is 12.3. The van der Waals surface area contributed by atoms with E-state index < -0.39 is 21.8 Å². The fourth-order valence-corrected chi connectivity index (χ4v) is 5.18. The molecule has 0 saturated heterocycles. The molecule has 214 valence electrons. The molecule has 10 heteroatoms. The van der Waals surface area contributed by atoms with Crippen molar-refractivity contribution in [1.82, 2.24) is 5.32 Å². The van der Waals surface area contributed by atoms with Gasteiger partial charge in [-0.3, -0.25) is 9.59 Å². The molecule has 7 nitrogen and oxygen atoms in total. The number of unbranched alkanes of at least 4 members (excludes halogenated alkanes) is 3. The second-order valence-electron chi connectivity index (χ2n) is 9.66. The van der Waals surface area contributed by atoms with E-state index in [0.29, 0.717) is 27.7 Å². The Morgan fingerprint density at radius 3 is 2.25 bits per heavy atom. The quantitative estimate of drug-likeness (QED) is 0.157. The van der Waals surface area contributed by atoms with Crippen molar-refractivity contribution in [3.63, 3.8) is 0 Å². The normalized spacial score (nSPS) is 12.1. The van der Waals surface area contributed by atoms with E-state index in [-0.39, 0.29) is 18.4 Å². The van der Waals surface area contributed by atoms with Gasteiger partial charge < -0.3 is 15.2 Å². The summed E-state index contributed by atoms with van der Waals surface area (Å²) in [6.45, 7) is 1.89. The Labute approximate surface area is 246 Å². The van der Waals surface area contributed by atoms with Crippen molar-refractivity contribution in [1.29, 1.82) is 0 Å². The number of carbonyl (C=O) groups excluding carboxylic acids is 2. The van der Waals surface area contributed by atoms with Gasteiger partial charge in [0.05, 0.1) is 15.9 Å². The SMILES string of the molecule is CCCCCCC(Cc1ccc(C(=O)NCCS(=O)(=O)[O-])cc1)C(=O)Nc1ccc(-c2ccc(Cl)cc2Cl)cc1. The van der Waals surface area contributed by atoms with Crippen LogP contribution in [0.25, 0.3) is 11.1 Å². The highest BCUT2D eigenvalue weighted by atomic mass is 35.5. The Bertz CT molecular complexity index is 1390. The van der Waals surface area contributed by atoms with Gasteiger partial charge in [0.2, 0.25) is 5.91 Å².